The minimum Gasteiger partial charge on any atom is -0.395 e. The fourth-order valence-corrected chi connectivity index (χ4v) is 2.92. The first-order chi connectivity index (χ1) is 8.31. The van der Waals surface area contributed by atoms with Gasteiger partial charge in [0.2, 0.25) is 0 Å². The Morgan fingerprint density at radius 3 is 2.47 bits per heavy atom. The Morgan fingerprint density at radius 2 is 2.00 bits per heavy atom. The van der Waals surface area contributed by atoms with E-state index < -0.39 is 0 Å². The van der Waals surface area contributed by atoms with Crippen LogP contribution in [0.5, 0.6) is 0 Å². The van der Waals surface area contributed by atoms with Gasteiger partial charge in [-0.1, -0.05) is 26.7 Å². The third-order valence-electron chi connectivity index (χ3n) is 3.76. The lowest BCUT2D eigenvalue weighted by molar-refractivity contribution is 0.127. The average molecular weight is 242 g/mol. The van der Waals surface area contributed by atoms with Crippen molar-refractivity contribution in [2.75, 3.05) is 26.2 Å². The molecule has 0 bridgehead atoms. The molecule has 1 unspecified atom stereocenters. The zero-order chi connectivity index (χ0) is 12.5. The van der Waals surface area contributed by atoms with Crippen LogP contribution in [0.15, 0.2) is 0 Å². The lowest BCUT2D eigenvalue weighted by Crippen LogP contribution is -2.44. The maximum Gasteiger partial charge on any atom is 0.0558 e. The molecule has 0 radical (unpaired) electrons. The van der Waals surface area contributed by atoms with E-state index in [4.69, 9.17) is 0 Å². The van der Waals surface area contributed by atoms with Crippen LogP contribution in [0.3, 0.4) is 0 Å². The number of aliphatic hydroxyl groups excluding tert-OH is 1. The molecule has 1 rings (SSSR count). The topological polar surface area (TPSA) is 35.5 Å². The highest BCUT2D eigenvalue weighted by molar-refractivity contribution is 4.81. The molecular formula is C14H30N2O. The van der Waals surface area contributed by atoms with Crippen molar-refractivity contribution in [3.8, 4) is 0 Å². The SMILES string of the molecule is CCCC(CCC)N(CCO)CC1CCCN1. The van der Waals surface area contributed by atoms with E-state index in [1.165, 1.54) is 45.1 Å². The standard InChI is InChI=1S/C14H30N2O/c1-3-6-14(7-4-2)16(10-11-17)12-13-8-5-9-15-13/h13-15,17H,3-12H2,1-2H3. The summed E-state index contributed by atoms with van der Waals surface area (Å²) in [5, 5.41) is 12.8. The quantitative estimate of drug-likeness (QED) is 0.649. The second-order valence-corrected chi connectivity index (χ2v) is 5.24. The monoisotopic (exact) mass is 242 g/mol. The van der Waals surface area contributed by atoms with Crippen molar-refractivity contribution >= 4 is 0 Å². The van der Waals surface area contributed by atoms with E-state index in [0.717, 1.165) is 13.1 Å². The third-order valence-corrected chi connectivity index (χ3v) is 3.76. The Morgan fingerprint density at radius 1 is 1.29 bits per heavy atom. The van der Waals surface area contributed by atoms with Gasteiger partial charge in [-0.2, -0.15) is 0 Å². The summed E-state index contributed by atoms with van der Waals surface area (Å²) in [6.45, 7) is 7.93. The molecule has 0 amide bonds. The number of nitrogens with one attached hydrogen (secondary N) is 1. The fraction of sp³-hybridized carbons (Fsp3) is 1.00. The molecule has 0 spiro atoms. The van der Waals surface area contributed by atoms with Gasteiger partial charge in [0, 0.05) is 25.2 Å². The van der Waals surface area contributed by atoms with Gasteiger partial charge in [-0.05, 0) is 32.2 Å². The van der Waals surface area contributed by atoms with E-state index in [1.54, 1.807) is 0 Å². The van der Waals surface area contributed by atoms with Gasteiger partial charge in [0.1, 0.15) is 0 Å². The molecule has 1 saturated heterocycles. The largest absolute Gasteiger partial charge is 0.395 e. The van der Waals surface area contributed by atoms with Crippen molar-refractivity contribution in [2.45, 2.75) is 64.5 Å². The van der Waals surface area contributed by atoms with E-state index in [2.05, 4.69) is 24.1 Å². The highest BCUT2D eigenvalue weighted by Gasteiger charge is 2.22. The summed E-state index contributed by atoms with van der Waals surface area (Å²) in [5.74, 6) is 0. The van der Waals surface area contributed by atoms with Gasteiger partial charge in [-0.25, -0.2) is 0 Å². The predicted octanol–water partition coefficient (Wildman–Crippen LogP) is 2.00. The van der Waals surface area contributed by atoms with E-state index in [0.29, 0.717) is 12.1 Å². The molecule has 3 nitrogen and oxygen atoms in total. The fourth-order valence-electron chi connectivity index (χ4n) is 2.92. The Balaban J connectivity index is 2.46. The van der Waals surface area contributed by atoms with Crippen molar-refractivity contribution in [3.63, 3.8) is 0 Å². The van der Waals surface area contributed by atoms with Crippen LogP contribution in [0.4, 0.5) is 0 Å². The Labute approximate surface area is 107 Å². The second-order valence-electron chi connectivity index (χ2n) is 5.24. The van der Waals surface area contributed by atoms with Crippen molar-refractivity contribution in [1.29, 1.82) is 0 Å². The van der Waals surface area contributed by atoms with Crippen LogP contribution in [0, 0.1) is 0 Å². The lowest BCUT2D eigenvalue weighted by Gasteiger charge is -2.33. The average Bonchev–Trinajstić information content (AvgIpc) is 2.81. The molecule has 17 heavy (non-hydrogen) atoms. The summed E-state index contributed by atoms with van der Waals surface area (Å²) in [6, 6.07) is 1.32. The van der Waals surface area contributed by atoms with Gasteiger partial charge >= 0.3 is 0 Å². The first-order valence-corrected chi connectivity index (χ1v) is 7.40. The Bertz CT molecular complexity index is 175. The summed E-state index contributed by atoms with van der Waals surface area (Å²) in [6.07, 6.45) is 7.62. The van der Waals surface area contributed by atoms with Crippen LogP contribution >= 0.6 is 0 Å². The highest BCUT2D eigenvalue weighted by atomic mass is 16.3. The van der Waals surface area contributed by atoms with Crippen molar-refractivity contribution < 1.29 is 5.11 Å². The molecule has 0 aliphatic carbocycles. The number of aliphatic hydroxyl groups is 1. The van der Waals surface area contributed by atoms with Crippen LogP contribution in [0.2, 0.25) is 0 Å². The number of hydrogen-bond acceptors (Lipinski definition) is 3. The van der Waals surface area contributed by atoms with Gasteiger partial charge in [-0.15, -0.1) is 0 Å². The van der Waals surface area contributed by atoms with Gasteiger partial charge in [0.15, 0.2) is 0 Å². The Kier molecular flexibility index (Phi) is 7.82. The molecule has 1 aliphatic rings. The molecule has 0 aromatic carbocycles. The summed E-state index contributed by atoms with van der Waals surface area (Å²) in [4.78, 5) is 2.51. The Hall–Kier alpha value is -0.120. The molecule has 1 fully saturated rings. The third kappa shape index (κ3) is 5.36. The van der Waals surface area contributed by atoms with E-state index in [-0.39, 0.29) is 6.61 Å². The molecule has 0 saturated carbocycles. The first-order valence-electron chi connectivity index (χ1n) is 7.40. The number of hydrogen-bond donors (Lipinski definition) is 2. The molecule has 0 aromatic rings. The molecule has 3 heteroatoms. The molecule has 1 atom stereocenters. The molecule has 1 aliphatic heterocycles. The number of nitrogens with zero attached hydrogens (tertiary/aromatic N) is 1. The molecule has 1 heterocycles. The lowest BCUT2D eigenvalue weighted by atomic mass is 10.0. The predicted molar refractivity (Wildman–Crippen MR) is 73.3 cm³/mol. The molecule has 102 valence electrons. The smallest absolute Gasteiger partial charge is 0.0558 e. The summed E-state index contributed by atoms with van der Waals surface area (Å²) in [5.41, 5.74) is 0. The van der Waals surface area contributed by atoms with Crippen LogP contribution in [-0.2, 0) is 0 Å². The maximum atomic E-state index is 9.23. The van der Waals surface area contributed by atoms with E-state index >= 15 is 0 Å². The van der Waals surface area contributed by atoms with Crippen LogP contribution in [-0.4, -0.2) is 48.3 Å². The normalized spacial score (nSPS) is 20.6. The van der Waals surface area contributed by atoms with Gasteiger partial charge < -0.3 is 10.4 Å². The molecule has 0 aromatic heterocycles. The van der Waals surface area contributed by atoms with E-state index in [9.17, 15) is 5.11 Å². The van der Waals surface area contributed by atoms with Crippen molar-refractivity contribution in [1.82, 2.24) is 10.2 Å². The van der Waals surface area contributed by atoms with Crippen molar-refractivity contribution in [3.05, 3.63) is 0 Å². The first kappa shape index (κ1) is 14.9. The van der Waals surface area contributed by atoms with Crippen LogP contribution in [0.1, 0.15) is 52.4 Å². The van der Waals surface area contributed by atoms with Gasteiger partial charge in [0.25, 0.3) is 0 Å². The minimum absolute atomic E-state index is 0.288. The van der Waals surface area contributed by atoms with Crippen LogP contribution in [0.25, 0.3) is 0 Å². The summed E-state index contributed by atoms with van der Waals surface area (Å²) >= 11 is 0. The van der Waals surface area contributed by atoms with Crippen LogP contribution < -0.4 is 5.32 Å². The zero-order valence-corrected chi connectivity index (χ0v) is 11.6. The maximum absolute atomic E-state index is 9.23. The van der Waals surface area contributed by atoms with E-state index in [1.807, 2.05) is 0 Å². The minimum atomic E-state index is 0.288. The second kappa shape index (κ2) is 8.90. The van der Waals surface area contributed by atoms with Gasteiger partial charge in [-0.3, -0.25) is 4.90 Å². The summed E-state index contributed by atoms with van der Waals surface area (Å²) in [7, 11) is 0. The van der Waals surface area contributed by atoms with Crippen molar-refractivity contribution in [2.24, 2.45) is 0 Å². The summed E-state index contributed by atoms with van der Waals surface area (Å²) < 4.78 is 0. The molecule has 2 N–H and O–H groups in total. The van der Waals surface area contributed by atoms with Gasteiger partial charge in [0.05, 0.1) is 6.61 Å². The number of rotatable bonds is 9. The highest BCUT2D eigenvalue weighted by Crippen LogP contribution is 2.16. The molecular weight excluding hydrogens is 212 g/mol. The zero-order valence-electron chi connectivity index (χ0n) is 11.6.